The minimum atomic E-state index is -3.50. The molecule has 0 bridgehead atoms. The summed E-state index contributed by atoms with van der Waals surface area (Å²) in [6.07, 6.45) is 1.97. The van der Waals surface area contributed by atoms with Gasteiger partial charge in [0.25, 0.3) is 10.2 Å². The zero-order valence-electron chi connectivity index (χ0n) is 11.1. The molecule has 7 heteroatoms. The molecule has 2 rings (SSSR count). The second kappa shape index (κ2) is 6.87. The van der Waals surface area contributed by atoms with Crippen LogP contribution in [0.2, 0.25) is 5.02 Å². The highest BCUT2D eigenvalue weighted by molar-refractivity contribution is 7.87. The van der Waals surface area contributed by atoms with Crippen LogP contribution in [0.25, 0.3) is 0 Å². The quantitative estimate of drug-likeness (QED) is 0.868. The van der Waals surface area contributed by atoms with Gasteiger partial charge in [-0.25, -0.2) is 0 Å². The average Bonchev–Trinajstić information content (AvgIpc) is 2.46. The zero-order valence-corrected chi connectivity index (χ0v) is 12.7. The van der Waals surface area contributed by atoms with Crippen molar-refractivity contribution in [2.75, 3.05) is 19.6 Å². The number of aliphatic hydroxyl groups is 1. The van der Waals surface area contributed by atoms with E-state index < -0.39 is 16.3 Å². The Kier molecular flexibility index (Phi) is 5.40. The number of piperidine rings is 1. The van der Waals surface area contributed by atoms with Crippen molar-refractivity contribution >= 4 is 21.8 Å². The van der Waals surface area contributed by atoms with E-state index in [0.717, 1.165) is 19.3 Å². The molecule has 5 nitrogen and oxygen atoms in total. The van der Waals surface area contributed by atoms with E-state index in [-0.39, 0.29) is 6.54 Å². The monoisotopic (exact) mass is 318 g/mol. The topological polar surface area (TPSA) is 69.6 Å². The fourth-order valence-electron chi connectivity index (χ4n) is 2.18. The van der Waals surface area contributed by atoms with Crippen LogP contribution in [0.3, 0.4) is 0 Å². The van der Waals surface area contributed by atoms with Crippen LogP contribution in [0.15, 0.2) is 24.3 Å². The molecule has 0 aromatic heterocycles. The van der Waals surface area contributed by atoms with E-state index in [1.165, 1.54) is 4.31 Å². The summed E-state index contributed by atoms with van der Waals surface area (Å²) in [4.78, 5) is 0. The molecule has 0 radical (unpaired) electrons. The number of aliphatic hydroxyl groups excluding tert-OH is 1. The van der Waals surface area contributed by atoms with E-state index in [2.05, 4.69) is 4.72 Å². The molecule has 112 valence electrons. The summed E-state index contributed by atoms with van der Waals surface area (Å²) in [6, 6.07) is 6.70. The average molecular weight is 319 g/mol. The van der Waals surface area contributed by atoms with Crippen LogP contribution >= 0.6 is 11.6 Å². The summed E-state index contributed by atoms with van der Waals surface area (Å²) < 4.78 is 28.0. The first kappa shape index (κ1) is 15.7. The number of nitrogens with zero attached hydrogens (tertiary/aromatic N) is 1. The standard InChI is InChI=1S/C13H19ClN2O3S/c14-12-6-4-11(5-7-12)13(17)10-15-20(18,19)16-8-2-1-3-9-16/h4-7,13,15,17H,1-3,8-10H2. The Balaban J connectivity index is 1.91. The largest absolute Gasteiger partial charge is 0.387 e. The van der Waals surface area contributed by atoms with Crippen LogP contribution in [0.4, 0.5) is 0 Å². The lowest BCUT2D eigenvalue weighted by molar-refractivity contribution is 0.180. The van der Waals surface area contributed by atoms with E-state index in [1.807, 2.05) is 0 Å². The summed E-state index contributed by atoms with van der Waals surface area (Å²) in [6.45, 7) is 1.05. The molecule has 0 amide bonds. The molecular formula is C13H19ClN2O3S. The molecule has 1 aromatic rings. The van der Waals surface area contributed by atoms with Crippen molar-refractivity contribution in [3.05, 3.63) is 34.9 Å². The fraction of sp³-hybridized carbons (Fsp3) is 0.538. The molecule has 0 spiro atoms. The highest BCUT2D eigenvalue weighted by Gasteiger charge is 2.24. The van der Waals surface area contributed by atoms with E-state index >= 15 is 0 Å². The van der Waals surface area contributed by atoms with Gasteiger partial charge < -0.3 is 5.11 Å². The van der Waals surface area contributed by atoms with E-state index in [9.17, 15) is 13.5 Å². The molecule has 20 heavy (non-hydrogen) atoms. The Hall–Kier alpha value is -0.660. The Bertz CT molecular complexity index is 527. The van der Waals surface area contributed by atoms with Gasteiger partial charge in [-0.3, -0.25) is 0 Å². The van der Waals surface area contributed by atoms with Crippen LogP contribution in [-0.2, 0) is 10.2 Å². The lowest BCUT2D eigenvalue weighted by Crippen LogP contribution is -2.44. The SMILES string of the molecule is O=S(=O)(NCC(O)c1ccc(Cl)cc1)N1CCCCC1. The van der Waals surface area contributed by atoms with Crippen molar-refractivity contribution < 1.29 is 13.5 Å². The third-order valence-corrected chi connectivity index (χ3v) is 5.20. The predicted octanol–water partition coefficient (Wildman–Crippen LogP) is 1.69. The number of nitrogens with one attached hydrogen (secondary N) is 1. The number of benzene rings is 1. The van der Waals surface area contributed by atoms with Crippen LogP contribution in [0, 0.1) is 0 Å². The van der Waals surface area contributed by atoms with Crippen molar-refractivity contribution in [2.24, 2.45) is 0 Å². The van der Waals surface area contributed by atoms with Gasteiger partial charge in [0.05, 0.1) is 6.10 Å². The summed E-state index contributed by atoms with van der Waals surface area (Å²) in [5.41, 5.74) is 0.635. The van der Waals surface area contributed by atoms with Crippen LogP contribution < -0.4 is 4.72 Å². The Morgan fingerprint density at radius 1 is 1.20 bits per heavy atom. The van der Waals surface area contributed by atoms with E-state index in [1.54, 1.807) is 24.3 Å². The predicted molar refractivity (Wildman–Crippen MR) is 78.8 cm³/mol. The fourth-order valence-corrected chi connectivity index (χ4v) is 3.60. The Morgan fingerprint density at radius 3 is 2.40 bits per heavy atom. The third-order valence-electron chi connectivity index (χ3n) is 3.37. The smallest absolute Gasteiger partial charge is 0.279 e. The number of hydrogen-bond donors (Lipinski definition) is 2. The Morgan fingerprint density at radius 2 is 1.80 bits per heavy atom. The Labute approximate surface area is 124 Å². The zero-order chi connectivity index (χ0) is 14.6. The van der Waals surface area contributed by atoms with Crippen molar-refractivity contribution in [3.8, 4) is 0 Å². The van der Waals surface area contributed by atoms with Crippen molar-refractivity contribution in [1.82, 2.24) is 9.03 Å². The number of hydrogen-bond acceptors (Lipinski definition) is 3. The summed E-state index contributed by atoms with van der Waals surface area (Å²) >= 11 is 5.77. The van der Waals surface area contributed by atoms with Gasteiger partial charge in [0.15, 0.2) is 0 Å². The lowest BCUT2D eigenvalue weighted by Gasteiger charge is -2.26. The minimum absolute atomic E-state index is 0.0412. The lowest BCUT2D eigenvalue weighted by atomic mass is 10.1. The second-order valence-corrected chi connectivity index (χ2v) is 7.07. The first-order valence-corrected chi connectivity index (χ1v) is 8.49. The maximum absolute atomic E-state index is 12.1. The minimum Gasteiger partial charge on any atom is -0.387 e. The molecule has 1 aliphatic heterocycles. The molecule has 1 heterocycles. The van der Waals surface area contributed by atoms with E-state index in [0.29, 0.717) is 23.7 Å². The molecule has 0 saturated carbocycles. The van der Waals surface area contributed by atoms with Crippen molar-refractivity contribution in [3.63, 3.8) is 0 Å². The van der Waals surface area contributed by atoms with Crippen LogP contribution in [0.1, 0.15) is 30.9 Å². The maximum atomic E-state index is 12.1. The van der Waals surface area contributed by atoms with Gasteiger partial charge in [-0.15, -0.1) is 0 Å². The first-order chi connectivity index (χ1) is 9.49. The second-order valence-electron chi connectivity index (χ2n) is 4.88. The molecule has 1 saturated heterocycles. The van der Waals surface area contributed by atoms with E-state index in [4.69, 9.17) is 11.6 Å². The van der Waals surface area contributed by atoms with Gasteiger partial charge >= 0.3 is 0 Å². The molecule has 1 unspecified atom stereocenters. The van der Waals surface area contributed by atoms with Gasteiger partial charge in [0.1, 0.15) is 0 Å². The normalized spacial score (nSPS) is 18.9. The summed E-state index contributed by atoms with van der Waals surface area (Å²) in [5, 5.41) is 10.6. The maximum Gasteiger partial charge on any atom is 0.279 e. The van der Waals surface area contributed by atoms with Crippen molar-refractivity contribution in [1.29, 1.82) is 0 Å². The summed E-state index contributed by atoms with van der Waals surface area (Å²) in [5.74, 6) is 0. The molecule has 1 aromatic carbocycles. The van der Waals surface area contributed by atoms with Crippen molar-refractivity contribution in [2.45, 2.75) is 25.4 Å². The molecule has 2 N–H and O–H groups in total. The first-order valence-electron chi connectivity index (χ1n) is 6.67. The molecular weight excluding hydrogens is 300 g/mol. The van der Waals surface area contributed by atoms with Gasteiger partial charge in [0.2, 0.25) is 0 Å². The summed E-state index contributed by atoms with van der Waals surface area (Å²) in [7, 11) is -3.50. The van der Waals surface area contributed by atoms with Crippen LogP contribution in [-0.4, -0.2) is 37.5 Å². The number of rotatable bonds is 5. The molecule has 1 fully saturated rings. The van der Waals surface area contributed by atoms with Gasteiger partial charge in [-0.2, -0.15) is 17.4 Å². The highest BCUT2D eigenvalue weighted by Crippen LogP contribution is 2.17. The van der Waals surface area contributed by atoms with Gasteiger partial charge in [-0.05, 0) is 30.5 Å². The third kappa shape index (κ3) is 4.17. The van der Waals surface area contributed by atoms with Gasteiger partial charge in [-0.1, -0.05) is 30.2 Å². The molecule has 1 aliphatic rings. The highest BCUT2D eigenvalue weighted by atomic mass is 35.5. The van der Waals surface area contributed by atoms with Crippen LogP contribution in [0.5, 0.6) is 0 Å². The van der Waals surface area contributed by atoms with Gasteiger partial charge in [0, 0.05) is 24.7 Å². The molecule has 1 atom stereocenters. The number of halogens is 1. The molecule has 0 aliphatic carbocycles.